The van der Waals surface area contributed by atoms with Gasteiger partial charge < -0.3 is 10.5 Å². The molecule has 0 amide bonds. The average Bonchev–Trinajstić information content (AvgIpc) is 2.14. The molecule has 0 aliphatic heterocycles. The first-order chi connectivity index (χ1) is 5.51. The molecule has 0 aromatic heterocycles. The largest absolute Gasteiger partial charge is 0.377 e. The van der Waals surface area contributed by atoms with Gasteiger partial charge in [-0.15, -0.1) is 0 Å². The Hall–Kier alpha value is -0.920. The Morgan fingerprint density at radius 1 is 1.92 bits per heavy atom. The molecular formula is C8H13FN2O. The molecule has 0 spiro atoms. The zero-order valence-corrected chi connectivity index (χ0v) is 7.30. The second kappa shape index (κ2) is 4.19. The van der Waals surface area contributed by atoms with Crippen molar-refractivity contribution >= 4 is 0 Å². The third kappa shape index (κ3) is 2.03. The molecule has 0 aromatic rings. The molecule has 0 fully saturated rings. The molecule has 0 rings (SSSR count). The molecule has 0 aliphatic rings. The van der Waals surface area contributed by atoms with Crippen molar-refractivity contribution in [2.45, 2.75) is 18.6 Å². The molecule has 2 N–H and O–H groups in total. The van der Waals surface area contributed by atoms with Crippen molar-refractivity contribution in [3.05, 3.63) is 12.2 Å². The summed E-state index contributed by atoms with van der Waals surface area (Å²) >= 11 is 0. The van der Waals surface area contributed by atoms with E-state index in [2.05, 4.69) is 6.58 Å². The Kier molecular flexibility index (Phi) is 3.87. The van der Waals surface area contributed by atoms with Crippen LogP contribution in [0, 0.1) is 11.3 Å². The van der Waals surface area contributed by atoms with Crippen molar-refractivity contribution < 1.29 is 9.13 Å². The Balaban J connectivity index is 4.56. The lowest BCUT2D eigenvalue weighted by molar-refractivity contribution is 0.135. The molecular weight excluding hydrogens is 159 g/mol. The van der Waals surface area contributed by atoms with Gasteiger partial charge in [-0.25, -0.2) is 4.39 Å². The highest BCUT2D eigenvalue weighted by molar-refractivity contribution is 5.29. The maximum absolute atomic E-state index is 12.3. The van der Waals surface area contributed by atoms with E-state index in [1.807, 2.05) is 0 Å². The first kappa shape index (κ1) is 11.1. The number of nitrogens with zero attached hydrogens (tertiary/aromatic N) is 1. The van der Waals surface area contributed by atoms with E-state index in [4.69, 9.17) is 15.7 Å². The van der Waals surface area contributed by atoms with E-state index in [9.17, 15) is 4.39 Å². The van der Waals surface area contributed by atoms with E-state index in [0.717, 1.165) is 0 Å². The van der Waals surface area contributed by atoms with Crippen molar-refractivity contribution in [1.82, 2.24) is 0 Å². The highest BCUT2D eigenvalue weighted by atomic mass is 19.1. The van der Waals surface area contributed by atoms with Gasteiger partial charge in [0.15, 0.2) is 5.54 Å². The first-order valence-electron chi connectivity index (χ1n) is 3.50. The minimum atomic E-state index is -1.62. The number of alkyl halides is 1. The Bertz CT molecular complexity index is 212. The molecule has 2 atom stereocenters. The predicted octanol–water partition coefficient (Wildman–Crippen LogP) is 0.768. The van der Waals surface area contributed by atoms with Crippen LogP contribution in [0.3, 0.4) is 0 Å². The molecule has 0 saturated heterocycles. The number of nitrogens with two attached hydrogens (primary N) is 1. The van der Waals surface area contributed by atoms with Gasteiger partial charge in [0.25, 0.3) is 0 Å². The second-order valence-corrected chi connectivity index (χ2v) is 2.62. The number of hydrogen-bond acceptors (Lipinski definition) is 3. The van der Waals surface area contributed by atoms with Crippen LogP contribution in [-0.4, -0.2) is 25.4 Å². The summed E-state index contributed by atoms with van der Waals surface area (Å²) < 4.78 is 17.2. The summed E-state index contributed by atoms with van der Waals surface area (Å²) in [6.07, 6.45) is -0.412. The molecule has 0 aromatic carbocycles. The molecule has 68 valence electrons. The van der Waals surface area contributed by atoms with E-state index in [1.54, 1.807) is 13.0 Å². The normalized spacial score (nSPS) is 17.6. The van der Waals surface area contributed by atoms with Crippen LogP contribution in [0.1, 0.15) is 6.92 Å². The molecule has 0 bridgehead atoms. The van der Waals surface area contributed by atoms with Crippen molar-refractivity contribution in [3.63, 3.8) is 0 Å². The van der Waals surface area contributed by atoms with Crippen LogP contribution in [0.15, 0.2) is 12.2 Å². The molecule has 0 radical (unpaired) electrons. The highest BCUT2D eigenvalue weighted by Crippen LogP contribution is 2.17. The highest BCUT2D eigenvalue weighted by Gasteiger charge is 2.31. The molecule has 2 unspecified atom stereocenters. The van der Waals surface area contributed by atoms with Crippen molar-refractivity contribution in [2.24, 2.45) is 5.73 Å². The molecule has 0 aliphatic carbocycles. The van der Waals surface area contributed by atoms with E-state index < -0.39 is 18.3 Å². The lowest BCUT2D eigenvalue weighted by atomic mass is 9.91. The van der Waals surface area contributed by atoms with Gasteiger partial charge in [-0.3, -0.25) is 0 Å². The van der Waals surface area contributed by atoms with Gasteiger partial charge in [-0.05, 0) is 12.5 Å². The Morgan fingerprint density at radius 2 is 2.42 bits per heavy atom. The summed E-state index contributed by atoms with van der Waals surface area (Å²) in [7, 11) is 1.45. The van der Waals surface area contributed by atoms with Gasteiger partial charge in [0.05, 0.1) is 12.2 Å². The lowest BCUT2D eigenvalue weighted by Crippen LogP contribution is -2.45. The quantitative estimate of drug-likeness (QED) is 0.637. The molecule has 12 heavy (non-hydrogen) atoms. The third-order valence-electron chi connectivity index (χ3n) is 1.83. The van der Waals surface area contributed by atoms with Gasteiger partial charge in [-0.1, -0.05) is 6.58 Å². The van der Waals surface area contributed by atoms with Crippen LogP contribution >= 0.6 is 0 Å². The maximum atomic E-state index is 12.3. The summed E-state index contributed by atoms with van der Waals surface area (Å²) in [5.41, 5.74) is 4.04. The molecule has 0 heterocycles. The number of rotatable bonds is 4. The number of nitriles is 1. The monoisotopic (exact) mass is 172 g/mol. The fourth-order valence-corrected chi connectivity index (χ4v) is 0.692. The Labute approximate surface area is 71.6 Å². The molecule has 0 saturated carbocycles. The van der Waals surface area contributed by atoms with E-state index >= 15 is 0 Å². The SMILES string of the molecule is C=C(C(C)OC)C(N)(C#N)CF. The zero-order chi connectivity index (χ0) is 9.78. The standard InChI is InChI=1S/C8H13FN2O/c1-6(7(2)12-3)8(11,4-9)5-10/h7H,1,4,11H2,2-3H3. The molecule has 4 heteroatoms. The smallest absolute Gasteiger partial charge is 0.156 e. The van der Waals surface area contributed by atoms with Crippen LogP contribution in [-0.2, 0) is 4.74 Å². The van der Waals surface area contributed by atoms with E-state index in [0.29, 0.717) is 0 Å². The van der Waals surface area contributed by atoms with E-state index in [-0.39, 0.29) is 5.57 Å². The third-order valence-corrected chi connectivity index (χ3v) is 1.83. The predicted molar refractivity (Wildman–Crippen MR) is 44.1 cm³/mol. The van der Waals surface area contributed by atoms with Gasteiger partial charge >= 0.3 is 0 Å². The number of ether oxygens (including phenoxy) is 1. The van der Waals surface area contributed by atoms with Crippen LogP contribution in [0.25, 0.3) is 0 Å². The van der Waals surface area contributed by atoms with Crippen LogP contribution < -0.4 is 5.73 Å². The second-order valence-electron chi connectivity index (χ2n) is 2.62. The van der Waals surface area contributed by atoms with Crippen LogP contribution in [0.2, 0.25) is 0 Å². The topological polar surface area (TPSA) is 59.0 Å². The minimum Gasteiger partial charge on any atom is -0.377 e. The van der Waals surface area contributed by atoms with Crippen LogP contribution in [0.5, 0.6) is 0 Å². The zero-order valence-electron chi connectivity index (χ0n) is 7.30. The van der Waals surface area contributed by atoms with Crippen LogP contribution in [0.4, 0.5) is 4.39 Å². The summed E-state index contributed by atoms with van der Waals surface area (Å²) in [5.74, 6) is 0. The minimum absolute atomic E-state index is 0.259. The van der Waals surface area contributed by atoms with Gasteiger partial charge in [0.2, 0.25) is 0 Å². The number of hydrogen-bond donors (Lipinski definition) is 1. The first-order valence-corrected chi connectivity index (χ1v) is 3.50. The average molecular weight is 172 g/mol. The summed E-state index contributed by atoms with van der Waals surface area (Å²) in [4.78, 5) is 0. The fraction of sp³-hybridized carbons (Fsp3) is 0.625. The number of halogens is 1. The van der Waals surface area contributed by atoms with E-state index in [1.165, 1.54) is 7.11 Å². The Morgan fingerprint density at radius 3 is 2.67 bits per heavy atom. The summed E-state index contributed by atoms with van der Waals surface area (Å²) in [5, 5.41) is 8.57. The van der Waals surface area contributed by atoms with Crippen molar-refractivity contribution in [1.29, 1.82) is 5.26 Å². The van der Waals surface area contributed by atoms with Gasteiger partial charge in [0.1, 0.15) is 6.67 Å². The van der Waals surface area contributed by atoms with Crippen molar-refractivity contribution in [2.75, 3.05) is 13.8 Å². The van der Waals surface area contributed by atoms with Gasteiger partial charge in [-0.2, -0.15) is 5.26 Å². The maximum Gasteiger partial charge on any atom is 0.156 e. The summed E-state index contributed by atoms with van der Waals surface area (Å²) in [6, 6.07) is 1.67. The van der Waals surface area contributed by atoms with Crippen molar-refractivity contribution in [3.8, 4) is 6.07 Å². The number of methoxy groups -OCH3 is 1. The molecule has 3 nitrogen and oxygen atoms in total. The fourth-order valence-electron chi connectivity index (χ4n) is 0.692. The van der Waals surface area contributed by atoms with Gasteiger partial charge in [0, 0.05) is 7.11 Å². The lowest BCUT2D eigenvalue weighted by Gasteiger charge is -2.24. The summed E-state index contributed by atoms with van der Waals surface area (Å²) in [6.45, 7) is 4.24.